The van der Waals surface area contributed by atoms with Crippen molar-refractivity contribution in [2.45, 2.75) is 35.5 Å². The van der Waals surface area contributed by atoms with Crippen molar-refractivity contribution in [1.82, 2.24) is 0 Å². The van der Waals surface area contributed by atoms with Crippen molar-refractivity contribution in [3.05, 3.63) is 119 Å². The number of hydrogen-bond donors (Lipinski definition) is 0. The van der Waals surface area contributed by atoms with Crippen LogP contribution in [0, 0.1) is 32.4 Å². The molecule has 0 spiro atoms. The van der Waals surface area contributed by atoms with Crippen LogP contribution in [0.4, 0.5) is 8.78 Å². The predicted molar refractivity (Wildman–Crippen MR) is 132 cm³/mol. The zero-order valence-corrected chi connectivity index (χ0v) is 20.6. The first kappa shape index (κ1) is 25.5. The number of rotatable bonds is 5. The summed E-state index contributed by atoms with van der Waals surface area (Å²) >= 11 is 1.79. The van der Waals surface area contributed by atoms with E-state index in [1.165, 1.54) is 9.79 Å². The van der Waals surface area contributed by atoms with Gasteiger partial charge in [0.1, 0.15) is 22.3 Å². The van der Waals surface area contributed by atoms with Crippen LogP contribution in [0.25, 0.3) is 0 Å². The first-order chi connectivity index (χ1) is 16.2. The molecule has 3 nitrogen and oxygen atoms in total. The third-order valence-corrected chi connectivity index (χ3v) is 6.95. The molecule has 0 radical (unpaired) electrons. The standard InChI is InChI=1S/C15H14F2O3S.C12H10S/c1-9-6-10(2)15(11(3)7-9)20-21(18,19)14-5-4-12(16)8-13(14)17;1-3-7-11(8-4-1)13-12-9-5-2-6-10-12/h4-8H,1-3H3;1-10H. The molecule has 4 aromatic rings. The van der Waals surface area contributed by atoms with E-state index in [1.807, 2.05) is 19.1 Å². The van der Waals surface area contributed by atoms with E-state index < -0.39 is 26.6 Å². The fourth-order valence-electron chi connectivity index (χ4n) is 3.24. The van der Waals surface area contributed by atoms with Crippen molar-refractivity contribution in [2.24, 2.45) is 0 Å². The maximum atomic E-state index is 13.6. The van der Waals surface area contributed by atoms with Crippen molar-refractivity contribution in [3.8, 4) is 5.75 Å². The maximum Gasteiger partial charge on any atom is 0.342 e. The second-order valence-corrected chi connectivity index (χ2v) is 10.2. The van der Waals surface area contributed by atoms with Crippen LogP contribution in [-0.2, 0) is 10.1 Å². The van der Waals surface area contributed by atoms with Crippen LogP contribution in [0.2, 0.25) is 0 Å². The van der Waals surface area contributed by atoms with E-state index in [1.54, 1.807) is 37.7 Å². The van der Waals surface area contributed by atoms with Crippen LogP contribution in [0.1, 0.15) is 16.7 Å². The first-order valence-electron chi connectivity index (χ1n) is 10.4. The highest BCUT2D eigenvalue weighted by Crippen LogP contribution is 2.29. The SMILES string of the molecule is Cc1cc(C)c(OS(=O)(=O)c2ccc(F)cc2F)c(C)c1.c1ccc(Sc2ccccc2)cc1. The van der Waals surface area contributed by atoms with Gasteiger partial charge < -0.3 is 4.18 Å². The Morgan fingerprint density at radius 2 is 1.21 bits per heavy atom. The molecular formula is C27H24F2O3S2. The Hall–Kier alpha value is -3.16. The highest BCUT2D eigenvalue weighted by atomic mass is 32.2. The maximum absolute atomic E-state index is 13.6. The molecule has 0 unspecified atom stereocenters. The van der Waals surface area contributed by atoms with Gasteiger partial charge in [-0.2, -0.15) is 8.42 Å². The van der Waals surface area contributed by atoms with Gasteiger partial charge in [0.05, 0.1) is 0 Å². The lowest BCUT2D eigenvalue weighted by molar-refractivity contribution is 0.471. The zero-order valence-electron chi connectivity index (χ0n) is 19.0. The molecule has 0 aliphatic heterocycles. The fourth-order valence-corrected chi connectivity index (χ4v) is 5.21. The Morgan fingerprint density at radius 1 is 0.706 bits per heavy atom. The third kappa shape index (κ3) is 6.92. The number of hydrogen-bond acceptors (Lipinski definition) is 4. The van der Waals surface area contributed by atoms with Gasteiger partial charge in [0.25, 0.3) is 0 Å². The molecule has 0 bridgehead atoms. The highest BCUT2D eigenvalue weighted by molar-refractivity contribution is 7.99. The Morgan fingerprint density at radius 3 is 1.68 bits per heavy atom. The minimum absolute atomic E-state index is 0.157. The van der Waals surface area contributed by atoms with Gasteiger partial charge >= 0.3 is 10.1 Å². The van der Waals surface area contributed by atoms with Gasteiger partial charge in [0.2, 0.25) is 0 Å². The minimum atomic E-state index is -4.36. The lowest BCUT2D eigenvalue weighted by atomic mass is 10.1. The monoisotopic (exact) mass is 498 g/mol. The molecular weight excluding hydrogens is 474 g/mol. The first-order valence-corrected chi connectivity index (χ1v) is 12.6. The van der Waals surface area contributed by atoms with Gasteiger partial charge in [-0.15, -0.1) is 0 Å². The van der Waals surface area contributed by atoms with Gasteiger partial charge in [-0.1, -0.05) is 65.9 Å². The summed E-state index contributed by atoms with van der Waals surface area (Å²) in [5.41, 5.74) is 2.21. The van der Waals surface area contributed by atoms with Crippen LogP contribution in [-0.4, -0.2) is 8.42 Å². The molecule has 7 heteroatoms. The molecule has 0 amide bonds. The lowest BCUT2D eigenvalue weighted by Crippen LogP contribution is -2.13. The van der Waals surface area contributed by atoms with E-state index in [0.29, 0.717) is 17.2 Å². The lowest BCUT2D eigenvalue weighted by Gasteiger charge is -2.13. The predicted octanol–water partition coefficient (Wildman–Crippen LogP) is 7.50. The molecule has 4 rings (SSSR count). The largest absolute Gasteiger partial charge is 0.378 e. The average molecular weight is 499 g/mol. The van der Waals surface area contributed by atoms with Crippen LogP contribution in [0.3, 0.4) is 0 Å². The second kappa shape index (κ2) is 11.3. The molecule has 0 aliphatic rings. The Labute approximate surface area is 203 Å². The summed E-state index contributed by atoms with van der Waals surface area (Å²) in [6.45, 7) is 5.27. The van der Waals surface area contributed by atoms with E-state index in [2.05, 4.69) is 48.5 Å². The zero-order chi connectivity index (χ0) is 24.7. The average Bonchev–Trinajstić information content (AvgIpc) is 2.78. The van der Waals surface area contributed by atoms with Crippen molar-refractivity contribution >= 4 is 21.9 Å². The van der Waals surface area contributed by atoms with Crippen molar-refractivity contribution in [1.29, 1.82) is 0 Å². The molecule has 0 saturated heterocycles. The van der Waals surface area contributed by atoms with Gasteiger partial charge in [-0.05, 0) is 68.3 Å². The Kier molecular flexibility index (Phi) is 8.47. The molecule has 0 heterocycles. The molecule has 0 fully saturated rings. The topological polar surface area (TPSA) is 43.4 Å². The van der Waals surface area contributed by atoms with Gasteiger partial charge in [-0.3, -0.25) is 0 Å². The van der Waals surface area contributed by atoms with E-state index in [9.17, 15) is 17.2 Å². The molecule has 176 valence electrons. The molecule has 0 N–H and O–H groups in total. The van der Waals surface area contributed by atoms with Crippen molar-refractivity contribution in [2.75, 3.05) is 0 Å². The number of aryl methyl sites for hydroxylation is 3. The minimum Gasteiger partial charge on any atom is -0.378 e. The highest BCUT2D eigenvalue weighted by Gasteiger charge is 2.23. The number of benzene rings is 4. The summed E-state index contributed by atoms with van der Waals surface area (Å²) < 4.78 is 55.8. The summed E-state index contributed by atoms with van der Waals surface area (Å²) in [4.78, 5) is 1.88. The van der Waals surface area contributed by atoms with Crippen LogP contribution in [0.15, 0.2) is 106 Å². The Bertz CT molecular complexity index is 1300. The van der Waals surface area contributed by atoms with Crippen LogP contribution < -0.4 is 4.18 Å². The van der Waals surface area contributed by atoms with E-state index in [4.69, 9.17) is 4.18 Å². The quantitative estimate of drug-likeness (QED) is 0.267. The molecule has 4 aromatic carbocycles. The molecule has 0 aliphatic carbocycles. The molecule has 0 atom stereocenters. The summed E-state index contributed by atoms with van der Waals surface area (Å²) in [6.07, 6.45) is 0. The summed E-state index contributed by atoms with van der Waals surface area (Å²) in [7, 11) is -4.36. The van der Waals surface area contributed by atoms with Crippen molar-refractivity contribution < 1.29 is 21.4 Å². The van der Waals surface area contributed by atoms with E-state index in [-0.39, 0.29) is 5.75 Å². The normalized spacial score (nSPS) is 10.9. The van der Waals surface area contributed by atoms with Gasteiger partial charge in [0.15, 0.2) is 0 Å². The third-order valence-electron chi connectivity index (χ3n) is 4.68. The van der Waals surface area contributed by atoms with Crippen LogP contribution in [0.5, 0.6) is 5.75 Å². The number of halogens is 2. The second-order valence-electron chi connectivity index (χ2n) is 7.57. The van der Waals surface area contributed by atoms with Crippen LogP contribution >= 0.6 is 11.8 Å². The fraction of sp³-hybridized carbons (Fsp3) is 0.111. The summed E-state index contributed by atoms with van der Waals surface area (Å²) in [6, 6.07) is 26.6. The van der Waals surface area contributed by atoms with Gasteiger partial charge in [0, 0.05) is 15.9 Å². The summed E-state index contributed by atoms with van der Waals surface area (Å²) in [5.74, 6) is -1.88. The summed E-state index contributed by atoms with van der Waals surface area (Å²) in [5, 5.41) is 0. The smallest absolute Gasteiger partial charge is 0.342 e. The molecule has 0 saturated carbocycles. The molecule has 0 aromatic heterocycles. The van der Waals surface area contributed by atoms with E-state index >= 15 is 0 Å². The van der Waals surface area contributed by atoms with Gasteiger partial charge in [-0.25, -0.2) is 8.78 Å². The van der Waals surface area contributed by atoms with Crippen molar-refractivity contribution in [3.63, 3.8) is 0 Å². The molecule has 34 heavy (non-hydrogen) atoms. The Balaban J connectivity index is 0.000000212. The van der Waals surface area contributed by atoms with E-state index in [0.717, 1.165) is 17.7 Å².